The summed E-state index contributed by atoms with van der Waals surface area (Å²) in [7, 11) is 0. The Morgan fingerprint density at radius 3 is 2.68 bits per heavy atom. The van der Waals surface area contributed by atoms with E-state index < -0.39 is 0 Å². The standard InChI is InChI=1S/C15H19NO3/c1-11(17)16-13-5-7-14(8-6-13)19-10-9-12-3-2-4-15(12)18/h5-8,12H,2-4,9-10H2,1H3,(H,16,17). The molecular weight excluding hydrogens is 242 g/mol. The summed E-state index contributed by atoms with van der Waals surface area (Å²) in [5, 5.41) is 2.70. The Bertz CT molecular complexity index is 453. The summed E-state index contributed by atoms with van der Waals surface area (Å²) in [5.41, 5.74) is 0.755. The van der Waals surface area contributed by atoms with Crippen LogP contribution in [0.1, 0.15) is 32.6 Å². The highest BCUT2D eigenvalue weighted by atomic mass is 16.5. The molecule has 1 aliphatic rings. The van der Waals surface area contributed by atoms with Gasteiger partial charge in [-0.1, -0.05) is 0 Å². The maximum absolute atomic E-state index is 11.5. The van der Waals surface area contributed by atoms with Gasteiger partial charge in [0.05, 0.1) is 6.61 Å². The molecule has 1 saturated carbocycles. The zero-order valence-corrected chi connectivity index (χ0v) is 11.1. The van der Waals surface area contributed by atoms with Gasteiger partial charge in [-0.3, -0.25) is 9.59 Å². The molecule has 1 atom stereocenters. The van der Waals surface area contributed by atoms with Gasteiger partial charge >= 0.3 is 0 Å². The van der Waals surface area contributed by atoms with Gasteiger partial charge < -0.3 is 10.1 Å². The van der Waals surface area contributed by atoms with Crippen molar-refractivity contribution in [2.24, 2.45) is 5.92 Å². The van der Waals surface area contributed by atoms with Crippen molar-refractivity contribution in [3.63, 3.8) is 0 Å². The molecule has 102 valence electrons. The van der Waals surface area contributed by atoms with E-state index in [0.717, 1.165) is 37.1 Å². The van der Waals surface area contributed by atoms with E-state index in [1.165, 1.54) is 6.92 Å². The van der Waals surface area contributed by atoms with E-state index in [9.17, 15) is 9.59 Å². The van der Waals surface area contributed by atoms with Crippen molar-refractivity contribution in [3.05, 3.63) is 24.3 Å². The molecule has 0 aliphatic heterocycles. The van der Waals surface area contributed by atoms with E-state index in [0.29, 0.717) is 12.4 Å². The normalized spacial score (nSPS) is 18.4. The molecule has 0 aromatic heterocycles. The van der Waals surface area contributed by atoms with Crippen LogP contribution >= 0.6 is 0 Å². The van der Waals surface area contributed by atoms with Crippen molar-refractivity contribution >= 4 is 17.4 Å². The predicted molar refractivity (Wildman–Crippen MR) is 73.2 cm³/mol. The molecule has 1 aromatic rings. The second-order valence-corrected chi connectivity index (χ2v) is 4.90. The summed E-state index contributed by atoms with van der Waals surface area (Å²) in [6, 6.07) is 7.25. The summed E-state index contributed by atoms with van der Waals surface area (Å²) in [5.74, 6) is 1.25. The van der Waals surface area contributed by atoms with Gasteiger partial charge in [-0.2, -0.15) is 0 Å². The van der Waals surface area contributed by atoms with E-state index in [2.05, 4.69) is 5.32 Å². The third-order valence-electron chi connectivity index (χ3n) is 3.34. The van der Waals surface area contributed by atoms with Crippen LogP contribution in [-0.4, -0.2) is 18.3 Å². The van der Waals surface area contributed by atoms with Crippen LogP contribution in [0.3, 0.4) is 0 Å². The maximum atomic E-state index is 11.5. The minimum atomic E-state index is -0.0894. The number of nitrogens with one attached hydrogen (secondary N) is 1. The number of ketones is 1. The smallest absolute Gasteiger partial charge is 0.221 e. The highest BCUT2D eigenvalue weighted by Gasteiger charge is 2.23. The molecule has 2 rings (SSSR count). The fourth-order valence-corrected chi connectivity index (χ4v) is 2.35. The lowest BCUT2D eigenvalue weighted by Gasteiger charge is -2.10. The molecule has 1 amide bonds. The topological polar surface area (TPSA) is 55.4 Å². The summed E-state index contributed by atoms with van der Waals surface area (Å²) >= 11 is 0. The highest BCUT2D eigenvalue weighted by Crippen LogP contribution is 2.24. The fourth-order valence-electron chi connectivity index (χ4n) is 2.35. The van der Waals surface area contributed by atoms with E-state index in [1.807, 2.05) is 12.1 Å². The highest BCUT2D eigenvalue weighted by molar-refractivity contribution is 5.88. The van der Waals surface area contributed by atoms with Crippen LogP contribution in [0.2, 0.25) is 0 Å². The summed E-state index contributed by atoms with van der Waals surface area (Å²) < 4.78 is 5.61. The lowest BCUT2D eigenvalue weighted by molar-refractivity contribution is -0.121. The number of carbonyl (C=O) groups excluding carboxylic acids is 2. The molecule has 1 N–H and O–H groups in total. The Kier molecular flexibility index (Phi) is 4.55. The molecular formula is C15H19NO3. The van der Waals surface area contributed by atoms with E-state index in [1.54, 1.807) is 12.1 Å². The van der Waals surface area contributed by atoms with Crippen LogP contribution in [0.15, 0.2) is 24.3 Å². The van der Waals surface area contributed by atoms with Crippen LogP contribution in [0.5, 0.6) is 5.75 Å². The van der Waals surface area contributed by atoms with Crippen LogP contribution in [0.25, 0.3) is 0 Å². The van der Waals surface area contributed by atoms with Crippen molar-refractivity contribution in [1.29, 1.82) is 0 Å². The third-order valence-corrected chi connectivity index (χ3v) is 3.34. The molecule has 1 aromatic carbocycles. The van der Waals surface area contributed by atoms with Crippen molar-refractivity contribution in [3.8, 4) is 5.75 Å². The second-order valence-electron chi connectivity index (χ2n) is 4.90. The van der Waals surface area contributed by atoms with Gasteiger partial charge in [0.25, 0.3) is 0 Å². The van der Waals surface area contributed by atoms with E-state index in [4.69, 9.17) is 4.74 Å². The average Bonchev–Trinajstić information content (AvgIpc) is 2.77. The number of hydrogen-bond donors (Lipinski definition) is 1. The molecule has 0 radical (unpaired) electrons. The molecule has 0 heterocycles. The van der Waals surface area contributed by atoms with Crippen molar-refractivity contribution in [1.82, 2.24) is 0 Å². The first kappa shape index (κ1) is 13.6. The maximum Gasteiger partial charge on any atom is 0.221 e. The Balaban J connectivity index is 1.76. The SMILES string of the molecule is CC(=O)Nc1ccc(OCCC2CCCC2=O)cc1. The zero-order chi connectivity index (χ0) is 13.7. The largest absolute Gasteiger partial charge is 0.494 e. The number of rotatable bonds is 5. The Hall–Kier alpha value is -1.84. The number of ether oxygens (including phenoxy) is 1. The summed E-state index contributed by atoms with van der Waals surface area (Å²) in [4.78, 5) is 22.3. The molecule has 1 aliphatic carbocycles. The molecule has 0 bridgehead atoms. The Morgan fingerprint density at radius 1 is 1.37 bits per heavy atom. The number of amides is 1. The van der Waals surface area contributed by atoms with Gasteiger partial charge in [0.15, 0.2) is 0 Å². The first-order valence-corrected chi connectivity index (χ1v) is 6.68. The Labute approximate surface area is 113 Å². The first-order valence-electron chi connectivity index (χ1n) is 6.68. The average molecular weight is 261 g/mol. The van der Waals surface area contributed by atoms with Crippen LogP contribution in [0, 0.1) is 5.92 Å². The van der Waals surface area contributed by atoms with Gasteiger partial charge in [-0.25, -0.2) is 0 Å². The van der Waals surface area contributed by atoms with E-state index in [-0.39, 0.29) is 11.8 Å². The summed E-state index contributed by atoms with van der Waals surface area (Å²) in [6.07, 6.45) is 3.56. The van der Waals surface area contributed by atoms with E-state index >= 15 is 0 Å². The molecule has 19 heavy (non-hydrogen) atoms. The van der Waals surface area contributed by atoms with Crippen LogP contribution < -0.4 is 10.1 Å². The van der Waals surface area contributed by atoms with Crippen molar-refractivity contribution in [2.45, 2.75) is 32.6 Å². The number of Topliss-reactive ketones (excluding diaryl/α,β-unsaturated/α-hetero) is 1. The quantitative estimate of drug-likeness (QED) is 0.886. The second kappa shape index (κ2) is 6.36. The summed E-state index contributed by atoms with van der Waals surface area (Å²) in [6.45, 7) is 2.04. The lowest BCUT2D eigenvalue weighted by atomic mass is 10.0. The third kappa shape index (κ3) is 4.09. The minimum absolute atomic E-state index is 0.0894. The van der Waals surface area contributed by atoms with Crippen molar-refractivity contribution in [2.75, 3.05) is 11.9 Å². The zero-order valence-electron chi connectivity index (χ0n) is 11.1. The number of benzene rings is 1. The van der Waals surface area contributed by atoms with Crippen LogP contribution in [-0.2, 0) is 9.59 Å². The molecule has 4 heteroatoms. The molecule has 0 spiro atoms. The minimum Gasteiger partial charge on any atom is -0.494 e. The number of hydrogen-bond acceptors (Lipinski definition) is 3. The van der Waals surface area contributed by atoms with Gasteiger partial charge in [0, 0.05) is 24.9 Å². The molecule has 0 saturated heterocycles. The van der Waals surface area contributed by atoms with Gasteiger partial charge in [-0.15, -0.1) is 0 Å². The first-order chi connectivity index (χ1) is 9.15. The monoisotopic (exact) mass is 261 g/mol. The lowest BCUT2D eigenvalue weighted by Crippen LogP contribution is -2.11. The van der Waals surface area contributed by atoms with Gasteiger partial charge in [-0.05, 0) is 43.5 Å². The van der Waals surface area contributed by atoms with Gasteiger partial charge in [0.2, 0.25) is 5.91 Å². The molecule has 1 unspecified atom stereocenters. The Morgan fingerprint density at radius 2 is 2.11 bits per heavy atom. The van der Waals surface area contributed by atoms with Gasteiger partial charge in [0.1, 0.15) is 11.5 Å². The molecule has 1 fully saturated rings. The number of anilines is 1. The van der Waals surface area contributed by atoms with Crippen molar-refractivity contribution < 1.29 is 14.3 Å². The van der Waals surface area contributed by atoms with Crippen LogP contribution in [0.4, 0.5) is 5.69 Å². The molecule has 4 nitrogen and oxygen atoms in total. The fraction of sp³-hybridized carbons (Fsp3) is 0.467. The predicted octanol–water partition coefficient (Wildman–Crippen LogP) is 2.78. The number of carbonyl (C=O) groups is 2.